The van der Waals surface area contributed by atoms with Crippen LogP contribution < -0.4 is 10.8 Å². The Morgan fingerprint density at radius 1 is 1.47 bits per heavy atom. The third-order valence-electron chi connectivity index (χ3n) is 2.35. The van der Waals surface area contributed by atoms with E-state index in [0.29, 0.717) is 6.54 Å². The van der Waals surface area contributed by atoms with Gasteiger partial charge in [-0.15, -0.1) is 0 Å². The van der Waals surface area contributed by atoms with Crippen LogP contribution in [0.4, 0.5) is 4.39 Å². The fourth-order valence-electron chi connectivity index (χ4n) is 1.36. The molecular weight excluding hydrogens is 224 g/mol. The number of halogens is 1. The number of amides is 1. The van der Waals surface area contributed by atoms with Gasteiger partial charge in [-0.25, -0.2) is 4.39 Å². The summed E-state index contributed by atoms with van der Waals surface area (Å²) in [5, 5.41) is 20.5. The number of hydrogen-bond donors (Lipinski definition) is 3. The summed E-state index contributed by atoms with van der Waals surface area (Å²) in [4.78, 5) is 11.6. The molecule has 4 nitrogen and oxygen atoms in total. The second kappa shape index (κ2) is 6.37. The summed E-state index contributed by atoms with van der Waals surface area (Å²) in [6.07, 6.45) is 1.83. The Bertz CT molecular complexity index is 398. The van der Waals surface area contributed by atoms with E-state index in [9.17, 15) is 9.18 Å². The first-order valence-corrected chi connectivity index (χ1v) is 5.50. The van der Waals surface area contributed by atoms with Gasteiger partial charge in [-0.05, 0) is 24.6 Å². The highest BCUT2D eigenvalue weighted by Gasteiger charge is 2.18. The standard InChI is InChI=1S/C11H15BFNO3/c1-2-3-6-14-11(15)8-4-5-10(13)9(7-8)12(16)17/h4-5,7,16-17H,2-3,6H2,1H3,(H,14,15). The van der Waals surface area contributed by atoms with Gasteiger partial charge < -0.3 is 15.4 Å². The second-order valence-electron chi connectivity index (χ2n) is 3.72. The Hall–Kier alpha value is -1.40. The molecule has 3 N–H and O–H groups in total. The van der Waals surface area contributed by atoms with E-state index < -0.39 is 12.9 Å². The summed E-state index contributed by atoms with van der Waals surface area (Å²) in [7, 11) is -1.92. The SMILES string of the molecule is CCCCNC(=O)c1ccc(F)c(B(O)O)c1. The Labute approximate surface area is 99.6 Å². The van der Waals surface area contributed by atoms with E-state index in [1.165, 1.54) is 6.07 Å². The molecule has 0 heterocycles. The molecule has 0 aliphatic carbocycles. The van der Waals surface area contributed by atoms with E-state index in [1.54, 1.807) is 0 Å². The van der Waals surface area contributed by atoms with Crippen molar-refractivity contribution in [3.63, 3.8) is 0 Å². The third-order valence-corrected chi connectivity index (χ3v) is 2.35. The van der Waals surface area contributed by atoms with Gasteiger partial charge in [0.05, 0.1) is 0 Å². The number of benzene rings is 1. The average Bonchev–Trinajstić information content (AvgIpc) is 2.29. The second-order valence-corrected chi connectivity index (χ2v) is 3.72. The molecule has 1 aromatic carbocycles. The predicted octanol–water partition coefficient (Wildman–Crippen LogP) is 0.0354. The normalized spacial score (nSPS) is 10.1. The molecule has 1 aromatic rings. The van der Waals surface area contributed by atoms with Crippen LogP contribution in [0.5, 0.6) is 0 Å². The lowest BCUT2D eigenvalue weighted by Gasteiger charge is -2.07. The molecule has 0 atom stereocenters. The first-order valence-electron chi connectivity index (χ1n) is 5.50. The number of rotatable bonds is 5. The summed E-state index contributed by atoms with van der Waals surface area (Å²) < 4.78 is 13.1. The highest BCUT2D eigenvalue weighted by molar-refractivity contribution is 6.58. The average molecular weight is 239 g/mol. The van der Waals surface area contributed by atoms with Gasteiger partial charge in [0.2, 0.25) is 0 Å². The molecule has 0 saturated carbocycles. The molecule has 0 saturated heterocycles. The Morgan fingerprint density at radius 3 is 2.76 bits per heavy atom. The zero-order valence-electron chi connectivity index (χ0n) is 9.61. The van der Waals surface area contributed by atoms with Crippen molar-refractivity contribution in [1.29, 1.82) is 0 Å². The quantitative estimate of drug-likeness (QED) is 0.501. The zero-order valence-corrected chi connectivity index (χ0v) is 9.61. The minimum absolute atomic E-state index is 0.214. The van der Waals surface area contributed by atoms with Crippen LogP contribution in [0, 0.1) is 5.82 Å². The van der Waals surface area contributed by atoms with E-state index in [2.05, 4.69) is 5.32 Å². The lowest BCUT2D eigenvalue weighted by Crippen LogP contribution is -2.34. The molecule has 0 radical (unpaired) electrons. The lowest BCUT2D eigenvalue weighted by atomic mass is 9.79. The van der Waals surface area contributed by atoms with Gasteiger partial charge in [0.15, 0.2) is 0 Å². The highest BCUT2D eigenvalue weighted by atomic mass is 19.1. The zero-order chi connectivity index (χ0) is 12.8. The summed E-state index contributed by atoms with van der Waals surface area (Å²) in [5.41, 5.74) is -0.0845. The van der Waals surface area contributed by atoms with Crippen molar-refractivity contribution in [2.24, 2.45) is 0 Å². The van der Waals surface area contributed by atoms with Gasteiger partial charge in [0.1, 0.15) is 5.82 Å². The number of carbonyl (C=O) groups excluding carboxylic acids is 1. The van der Waals surface area contributed by atoms with Crippen LogP contribution in [0.1, 0.15) is 30.1 Å². The summed E-state index contributed by atoms with van der Waals surface area (Å²) >= 11 is 0. The van der Waals surface area contributed by atoms with Gasteiger partial charge in [-0.1, -0.05) is 13.3 Å². The molecule has 6 heteroatoms. The van der Waals surface area contributed by atoms with Crippen LogP contribution >= 0.6 is 0 Å². The van der Waals surface area contributed by atoms with Crippen LogP contribution in [0.15, 0.2) is 18.2 Å². The molecule has 17 heavy (non-hydrogen) atoms. The summed E-state index contributed by atoms with van der Waals surface area (Å²) in [6, 6.07) is 3.49. The molecule has 0 fully saturated rings. The lowest BCUT2D eigenvalue weighted by molar-refractivity contribution is 0.0953. The maximum absolute atomic E-state index is 13.1. The third kappa shape index (κ3) is 3.83. The molecule has 0 aliphatic rings. The number of carbonyl (C=O) groups is 1. The maximum Gasteiger partial charge on any atom is 0.491 e. The molecule has 1 amide bonds. The molecule has 1 rings (SSSR count). The molecule has 0 aliphatic heterocycles. The Balaban J connectivity index is 2.77. The Kier molecular flexibility index (Phi) is 5.12. The van der Waals surface area contributed by atoms with Gasteiger partial charge >= 0.3 is 7.12 Å². The predicted molar refractivity (Wildman–Crippen MR) is 63.5 cm³/mol. The molecule has 0 bridgehead atoms. The summed E-state index contributed by atoms with van der Waals surface area (Å²) in [5.74, 6) is -1.09. The summed E-state index contributed by atoms with van der Waals surface area (Å²) in [6.45, 7) is 2.55. The van der Waals surface area contributed by atoms with Crippen molar-refractivity contribution >= 4 is 18.5 Å². The van der Waals surface area contributed by atoms with Crippen LogP contribution in [0.25, 0.3) is 0 Å². The van der Waals surface area contributed by atoms with E-state index in [4.69, 9.17) is 10.0 Å². The maximum atomic E-state index is 13.1. The first-order chi connectivity index (χ1) is 8.06. The van der Waals surface area contributed by atoms with Crippen molar-refractivity contribution in [1.82, 2.24) is 5.32 Å². The molecule has 92 valence electrons. The molecule has 0 aromatic heterocycles. The monoisotopic (exact) mass is 239 g/mol. The Morgan fingerprint density at radius 2 is 2.18 bits per heavy atom. The molecular formula is C11H15BFNO3. The fraction of sp³-hybridized carbons (Fsp3) is 0.364. The van der Waals surface area contributed by atoms with Crippen molar-refractivity contribution in [2.45, 2.75) is 19.8 Å². The van der Waals surface area contributed by atoms with Crippen molar-refractivity contribution in [3.05, 3.63) is 29.6 Å². The van der Waals surface area contributed by atoms with Crippen LogP contribution in [0.3, 0.4) is 0 Å². The smallest absolute Gasteiger partial charge is 0.423 e. The van der Waals surface area contributed by atoms with Gasteiger partial charge in [-0.3, -0.25) is 4.79 Å². The van der Waals surface area contributed by atoms with E-state index in [-0.39, 0.29) is 16.9 Å². The van der Waals surface area contributed by atoms with Gasteiger partial charge in [0, 0.05) is 17.6 Å². The fourth-order valence-corrected chi connectivity index (χ4v) is 1.36. The highest BCUT2D eigenvalue weighted by Crippen LogP contribution is 2.02. The minimum Gasteiger partial charge on any atom is -0.423 e. The van der Waals surface area contributed by atoms with E-state index >= 15 is 0 Å². The van der Waals surface area contributed by atoms with Crippen molar-refractivity contribution < 1.29 is 19.2 Å². The van der Waals surface area contributed by atoms with Crippen molar-refractivity contribution in [2.75, 3.05) is 6.54 Å². The van der Waals surface area contributed by atoms with E-state index in [0.717, 1.165) is 25.0 Å². The molecule has 0 spiro atoms. The van der Waals surface area contributed by atoms with Crippen LogP contribution in [-0.2, 0) is 0 Å². The van der Waals surface area contributed by atoms with Crippen molar-refractivity contribution in [3.8, 4) is 0 Å². The first kappa shape index (κ1) is 13.7. The van der Waals surface area contributed by atoms with Gasteiger partial charge in [-0.2, -0.15) is 0 Å². The largest absolute Gasteiger partial charge is 0.491 e. The minimum atomic E-state index is -1.92. The van der Waals surface area contributed by atoms with Gasteiger partial charge in [0.25, 0.3) is 5.91 Å². The number of hydrogen-bond acceptors (Lipinski definition) is 3. The number of unbranched alkanes of at least 4 members (excludes halogenated alkanes) is 1. The van der Waals surface area contributed by atoms with Crippen LogP contribution in [-0.4, -0.2) is 29.6 Å². The van der Waals surface area contributed by atoms with E-state index in [1.807, 2.05) is 6.92 Å². The van der Waals surface area contributed by atoms with Crippen LogP contribution in [0.2, 0.25) is 0 Å². The topological polar surface area (TPSA) is 69.6 Å². The number of nitrogens with one attached hydrogen (secondary N) is 1. The molecule has 0 unspecified atom stereocenters.